The summed E-state index contributed by atoms with van der Waals surface area (Å²) in [6, 6.07) is 4.74. The number of hydrogen-bond acceptors (Lipinski definition) is 3. The van der Waals surface area contributed by atoms with E-state index in [1.165, 1.54) is 11.1 Å². The molecule has 1 aliphatic rings. The third kappa shape index (κ3) is 1.43. The van der Waals surface area contributed by atoms with Gasteiger partial charge in [-0.3, -0.25) is 0 Å². The maximum Gasteiger partial charge on any atom is 0.321 e. The van der Waals surface area contributed by atoms with Crippen LogP contribution in [-0.4, -0.2) is 14.8 Å². The molecule has 1 aromatic heterocycles. The molecule has 0 fully saturated rings. The summed E-state index contributed by atoms with van der Waals surface area (Å²) < 4.78 is 8.00. The highest BCUT2D eigenvalue weighted by Crippen LogP contribution is 2.33. The summed E-state index contributed by atoms with van der Waals surface area (Å²) >= 11 is 3.24. The third-order valence-corrected chi connectivity index (χ3v) is 3.15. The first-order chi connectivity index (χ1) is 7.63. The van der Waals surface area contributed by atoms with Gasteiger partial charge in [-0.15, -0.1) is 5.10 Å². The van der Waals surface area contributed by atoms with Gasteiger partial charge in [0.05, 0.1) is 6.54 Å². The fourth-order valence-corrected chi connectivity index (χ4v) is 2.15. The van der Waals surface area contributed by atoms with Gasteiger partial charge in [0.25, 0.3) is 0 Å². The molecule has 16 heavy (non-hydrogen) atoms. The average Bonchev–Trinajstić information content (AvgIpc) is 2.56. The van der Waals surface area contributed by atoms with Crippen molar-refractivity contribution in [3.63, 3.8) is 0 Å². The van der Waals surface area contributed by atoms with E-state index in [-0.39, 0.29) is 0 Å². The van der Waals surface area contributed by atoms with Crippen molar-refractivity contribution >= 4 is 15.9 Å². The summed E-state index contributed by atoms with van der Waals surface area (Å²) in [5, 5.41) is 4.20. The molecule has 0 saturated carbocycles. The number of aromatic nitrogens is 3. The minimum absolute atomic E-state index is 0.544. The topological polar surface area (TPSA) is 39.9 Å². The van der Waals surface area contributed by atoms with Crippen molar-refractivity contribution in [2.45, 2.75) is 20.4 Å². The zero-order valence-corrected chi connectivity index (χ0v) is 10.6. The molecule has 0 bridgehead atoms. The third-order valence-electron chi connectivity index (χ3n) is 2.81. The predicted octanol–water partition coefficient (Wildman–Crippen LogP) is 2.81. The number of hydrogen-bond donors (Lipinski definition) is 0. The Balaban J connectivity index is 2.11. The first kappa shape index (κ1) is 9.84. The lowest BCUT2D eigenvalue weighted by molar-refractivity contribution is 0.374. The normalized spacial score (nSPS) is 12.9. The maximum atomic E-state index is 5.69. The second-order valence-corrected chi connectivity index (χ2v) is 4.68. The van der Waals surface area contributed by atoms with Crippen LogP contribution in [0.4, 0.5) is 0 Å². The molecule has 0 amide bonds. The molecule has 0 atom stereocenters. The molecular formula is C11H10BrN3O. The lowest BCUT2D eigenvalue weighted by Crippen LogP contribution is -2.11. The molecule has 0 N–H and O–H groups in total. The van der Waals surface area contributed by atoms with Crippen LogP contribution in [-0.2, 0) is 6.54 Å². The smallest absolute Gasteiger partial charge is 0.321 e. The Bertz CT molecular complexity index is 528. The Hall–Kier alpha value is -1.36. The van der Waals surface area contributed by atoms with Crippen molar-refractivity contribution in [2.75, 3.05) is 0 Å². The lowest BCUT2D eigenvalue weighted by atomic mass is 10.0. The van der Waals surface area contributed by atoms with Crippen LogP contribution in [0, 0.1) is 13.8 Å². The van der Waals surface area contributed by atoms with Gasteiger partial charge in [0, 0.05) is 5.56 Å². The number of fused-ring (bicyclic) bond motifs is 2. The molecule has 0 radical (unpaired) electrons. The highest BCUT2D eigenvalue weighted by atomic mass is 79.9. The number of halogens is 1. The second-order valence-electron chi connectivity index (χ2n) is 3.97. The van der Waals surface area contributed by atoms with Gasteiger partial charge < -0.3 is 4.74 Å². The highest BCUT2D eigenvalue weighted by Gasteiger charge is 2.20. The Morgan fingerprint density at radius 1 is 1.31 bits per heavy atom. The minimum atomic E-state index is 0.544. The van der Waals surface area contributed by atoms with Crippen LogP contribution in [0.2, 0.25) is 0 Å². The van der Waals surface area contributed by atoms with Gasteiger partial charge in [-0.05, 0) is 47.0 Å². The van der Waals surface area contributed by atoms with Crippen LogP contribution in [0.1, 0.15) is 16.7 Å². The molecule has 0 aliphatic carbocycles. The highest BCUT2D eigenvalue weighted by molar-refractivity contribution is 9.10. The number of nitrogens with zero attached hydrogens (tertiary/aromatic N) is 3. The van der Waals surface area contributed by atoms with E-state index in [1.54, 1.807) is 4.68 Å². The SMILES string of the molecule is Cc1cc2c(cc1C)Oc1nc(Br)nn1C2. The van der Waals surface area contributed by atoms with E-state index < -0.39 is 0 Å². The number of rotatable bonds is 0. The summed E-state index contributed by atoms with van der Waals surface area (Å²) in [6.07, 6.45) is 0. The quantitative estimate of drug-likeness (QED) is 0.635. The van der Waals surface area contributed by atoms with Crippen molar-refractivity contribution in [3.8, 4) is 11.8 Å². The van der Waals surface area contributed by atoms with E-state index in [4.69, 9.17) is 4.74 Å². The fourth-order valence-electron chi connectivity index (χ4n) is 1.81. The van der Waals surface area contributed by atoms with Crippen molar-refractivity contribution in [1.82, 2.24) is 14.8 Å². The van der Waals surface area contributed by atoms with Crippen molar-refractivity contribution in [1.29, 1.82) is 0 Å². The van der Waals surface area contributed by atoms with Crippen LogP contribution in [0.3, 0.4) is 0 Å². The molecule has 0 saturated heterocycles. The molecule has 2 aromatic rings. The van der Waals surface area contributed by atoms with Crippen LogP contribution in [0.5, 0.6) is 11.8 Å². The maximum absolute atomic E-state index is 5.69. The van der Waals surface area contributed by atoms with Crippen LogP contribution in [0.25, 0.3) is 0 Å². The molecule has 0 unspecified atom stereocenters. The number of ether oxygens (including phenoxy) is 1. The van der Waals surface area contributed by atoms with Crippen LogP contribution >= 0.6 is 15.9 Å². The first-order valence-electron chi connectivity index (χ1n) is 5.02. The van der Waals surface area contributed by atoms with E-state index in [0.29, 0.717) is 17.3 Å². The predicted molar refractivity (Wildman–Crippen MR) is 62.8 cm³/mol. The summed E-state index contributed by atoms with van der Waals surface area (Å²) in [6.45, 7) is 4.89. The van der Waals surface area contributed by atoms with Gasteiger partial charge in [-0.2, -0.15) is 4.98 Å². The number of aryl methyl sites for hydroxylation is 2. The van der Waals surface area contributed by atoms with Crippen molar-refractivity contribution in [3.05, 3.63) is 33.6 Å². The first-order valence-corrected chi connectivity index (χ1v) is 5.81. The molecular weight excluding hydrogens is 270 g/mol. The zero-order valence-electron chi connectivity index (χ0n) is 8.99. The zero-order chi connectivity index (χ0) is 11.3. The number of benzene rings is 1. The van der Waals surface area contributed by atoms with Crippen molar-refractivity contribution in [2.24, 2.45) is 0 Å². The summed E-state index contributed by atoms with van der Waals surface area (Å²) in [5.41, 5.74) is 3.64. The molecule has 5 heteroatoms. The van der Waals surface area contributed by atoms with Gasteiger partial charge in [-0.25, -0.2) is 4.68 Å². The van der Waals surface area contributed by atoms with Crippen LogP contribution in [0.15, 0.2) is 16.9 Å². The molecule has 82 valence electrons. The lowest BCUT2D eigenvalue weighted by Gasteiger charge is -2.18. The average molecular weight is 280 g/mol. The van der Waals surface area contributed by atoms with Gasteiger partial charge in [0.2, 0.25) is 4.73 Å². The summed E-state index contributed by atoms with van der Waals surface area (Å²) in [4.78, 5) is 4.15. The molecule has 4 nitrogen and oxygen atoms in total. The molecule has 0 spiro atoms. The van der Waals surface area contributed by atoms with Gasteiger partial charge >= 0.3 is 6.01 Å². The molecule has 3 rings (SSSR count). The van der Waals surface area contributed by atoms with E-state index >= 15 is 0 Å². The van der Waals surface area contributed by atoms with Crippen molar-refractivity contribution < 1.29 is 4.74 Å². The monoisotopic (exact) mass is 279 g/mol. The van der Waals surface area contributed by atoms with Crippen LogP contribution < -0.4 is 4.74 Å². The van der Waals surface area contributed by atoms with E-state index in [2.05, 4.69) is 52.0 Å². The Kier molecular flexibility index (Phi) is 2.04. The Morgan fingerprint density at radius 3 is 2.88 bits per heavy atom. The Labute approximate surface area is 101 Å². The molecule has 1 aliphatic heterocycles. The van der Waals surface area contributed by atoms with Gasteiger partial charge in [0.1, 0.15) is 5.75 Å². The molecule has 2 heterocycles. The second kappa shape index (κ2) is 3.31. The standard InChI is InChI=1S/C11H10BrN3O/c1-6-3-8-5-15-11(13-10(12)14-15)16-9(8)4-7(6)2/h3-4H,5H2,1-2H3. The van der Waals surface area contributed by atoms with Gasteiger partial charge in [-0.1, -0.05) is 6.07 Å². The molecule has 1 aromatic carbocycles. The Morgan fingerprint density at radius 2 is 2.06 bits per heavy atom. The summed E-state index contributed by atoms with van der Waals surface area (Å²) in [7, 11) is 0. The van der Waals surface area contributed by atoms with E-state index in [0.717, 1.165) is 11.3 Å². The van der Waals surface area contributed by atoms with Gasteiger partial charge in [0.15, 0.2) is 0 Å². The van der Waals surface area contributed by atoms with E-state index in [1.807, 2.05) is 0 Å². The largest absolute Gasteiger partial charge is 0.424 e. The van der Waals surface area contributed by atoms with E-state index in [9.17, 15) is 0 Å². The fraction of sp³-hybridized carbons (Fsp3) is 0.273. The summed E-state index contributed by atoms with van der Waals surface area (Å²) in [5.74, 6) is 0.885. The minimum Gasteiger partial charge on any atom is -0.424 e.